The van der Waals surface area contributed by atoms with E-state index in [9.17, 15) is 4.79 Å². The number of benzene rings is 1. The summed E-state index contributed by atoms with van der Waals surface area (Å²) in [5.74, 6) is 0.284. The Labute approximate surface area is 121 Å². The van der Waals surface area contributed by atoms with Crippen molar-refractivity contribution in [3.05, 3.63) is 30.5 Å². The number of nitrogens with zero attached hydrogens (tertiary/aromatic N) is 3. The van der Waals surface area contributed by atoms with E-state index in [0.717, 1.165) is 28.8 Å². The third-order valence-corrected chi connectivity index (χ3v) is 5.22. The van der Waals surface area contributed by atoms with Crippen LogP contribution in [0.3, 0.4) is 0 Å². The van der Waals surface area contributed by atoms with E-state index in [4.69, 9.17) is 0 Å². The highest BCUT2D eigenvalue weighted by molar-refractivity contribution is 8.00. The molecule has 5 heteroatoms. The lowest BCUT2D eigenvalue weighted by Gasteiger charge is -2.15. The molecule has 1 aromatic carbocycles. The molecule has 1 aliphatic heterocycles. The zero-order valence-corrected chi connectivity index (χ0v) is 11.8. The zero-order chi connectivity index (χ0) is 13.5. The van der Waals surface area contributed by atoms with Gasteiger partial charge in [-0.3, -0.25) is 4.79 Å². The van der Waals surface area contributed by atoms with Gasteiger partial charge in [0.2, 0.25) is 5.91 Å². The highest BCUT2D eigenvalue weighted by Crippen LogP contribution is 2.37. The largest absolute Gasteiger partial charge is 0.339 e. The van der Waals surface area contributed by atoms with Gasteiger partial charge in [-0.2, -0.15) is 5.10 Å². The van der Waals surface area contributed by atoms with Gasteiger partial charge in [0.15, 0.2) is 0 Å². The van der Waals surface area contributed by atoms with Crippen LogP contribution >= 0.6 is 11.8 Å². The summed E-state index contributed by atoms with van der Waals surface area (Å²) in [6.07, 6.45) is 5.05. The summed E-state index contributed by atoms with van der Waals surface area (Å²) in [4.78, 5) is 14.4. The fraction of sp³-hybridized carbons (Fsp3) is 0.400. The van der Waals surface area contributed by atoms with E-state index >= 15 is 0 Å². The van der Waals surface area contributed by atoms with Gasteiger partial charge < -0.3 is 4.90 Å². The number of carbonyl (C=O) groups excluding carboxylic acids is 1. The second-order valence-corrected chi connectivity index (χ2v) is 6.59. The second kappa shape index (κ2) is 4.74. The molecular formula is C15H15N3OS. The average molecular weight is 285 g/mol. The molecule has 0 N–H and O–H groups in total. The maximum absolute atomic E-state index is 12.4. The van der Waals surface area contributed by atoms with E-state index in [1.807, 2.05) is 24.3 Å². The normalized spacial score (nSPS) is 22.7. The average Bonchev–Trinajstić information content (AvgIpc) is 3.26. The zero-order valence-electron chi connectivity index (χ0n) is 11.0. The molecule has 20 heavy (non-hydrogen) atoms. The van der Waals surface area contributed by atoms with Crippen LogP contribution < -0.4 is 0 Å². The maximum Gasteiger partial charge on any atom is 0.236 e. The van der Waals surface area contributed by atoms with Gasteiger partial charge >= 0.3 is 0 Å². The second-order valence-electron chi connectivity index (χ2n) is 5.39. The molecule has 1 aromatic heterocycles. The number of rotatable bonds is 3. The Morgan fingerprint density at radius 2 is 2.05 bits per heavy atom. The minimum atomic E-state index is 0.00991. The molecule has 0 unspecified atom stereocenters. The van der Waals surface area contributed by atoms with Crippen molar-refractivity contribution in [2.24, 2.45) is 0 Å². The summed E-state index contributed by atoms with van der Waals surface area (Å²) in [6, 6.07) is 8.59. The number of thioether (sulfide) groups is 1. The molecule has 2 aliphatic rings. The van der Waals surface area contributed by atoms with Crippen molar-refractivity contribution in [1.29, 1.82) is 0 Å². The third kappa shape index (κ3) is 2.06. The maximum atomic E-state index is 12.4. The first-order chi connectivity index (χ1) is 9.83. The Morgan fingerprint density at radius 3 is 2.90 bits per heavy atom. The Hall–Kier alpha value is -1.62. The molecule has 0 radical (unpaired) electrons. The summed E-state index contributed by atoms with van der Waals surface area (Å²) in [5, 5.41) is 11.3. The Kier molecular flexibility index (Phi) is 2.88. The first-order valence-corrected chi connectivity index (χ1v) is 7.88. The molecule has 4 nitrogen and oxygen atoms in total. The third-order valence-electron chi connectivity index (χ3n) is 3.97. The molecule has 1 saturated carbocycles. The van der Waals surface area contributed by atoms with Crippen LogP contribution in [0.25, 0.3) is 10.8 Å². The molecule has 0 spiro atoms. The van der Waals surface area contributed by atoms with Crippen molar-refractivity contribution in [3.8, 4) is 0 Å². The molecule has 2 heterocycles. The van der Waals surface area contributed by atoms with E-state index in [1.54, 1.807) is 18.0 Å². The van der Waals surface area contributed by atoms with E-state index in [1.165, 1.54) is 12.8 Å². The molecule has 2 aromatic rings. The fourth-order valence-corrected chi connectivity index (χ4v) is 3.89. The van der Waals surface area contributed by atoms with E-state index in [2.05, 4.69) is 15.1 Å². The number of likely N-dealkylation sites (tertiary alicyclic amines) is 1. The van der Waals surface area contributed by atoms with Crippen molar-refractivity contribution in [3.63, 3.8) is 0 Å². The highest BCUT2D eigenvalue weighted by atomic mass is 32.2. The Morgan fingerprint density at radius 1 is 1.20 bits per heavy atom. The van der Waals surface area contributed by atoms with Crippen LogP contribution in [0.4, 0.5) is 0 Å². The summed E-state index contributed by atoms with van der Waals surface area (Å²) < 4.78 is 0. The molecule has 1 amide bonds. The van der Waals surface area contributed by atoms with Crippen LogP contribution in [0.1, 0.15) is 19.3 Å². The number of carbonyl (C=O) groups is 1. The minimum absolute atomic E-state index is 0.00991. The minimum Gasteiger partial charge on any atom is -0.339 e. The van der Waals surface area contributed by atoms with E-state index in [0.29, 0.717) is 6.04 Å². The number of amides is 1. The van der Waals surface area contributed by atoms with Gasteiger partial charge in [-0.25, -0.2) is 0 Å². The summed E-state index contributed by atoms with van der Waals surface area (Å²) in [6.45, 7) is 0.902. The van der Waals surface area contributed by atoms with Crippen LogP contribution in [0.2, 0.25) is 0 Å². The Balaban J connectivity index is 1.60. The summed E-state index contributed by atoms with van der Waals surface area (Å²) in [7, 11) is 0. The summed E-state index contributed by atoms with van der Waals surface area (Å²) >= 11 is 1.57. The van der Waals surface area contributed by atoms with Crippen molar-refractivity contribution in [1.82, 2.24) is 15.1 Å². The standard InChI is InChI=1S/C15H15N3OS/c19-15-13(7-8-18(15)11-5-6-11)20-14-12-4-2-1-3-10(12)9-16-17-14/h1-4,9,11,13H,5-8H2/t13-/m1/s1. The van der Waals surface area contributed by atoms with Gasteiger partial charge in [-0.05, 0) is 19.3 Å². The first-order valence-electron chi connectivity index (χ1n) is 7.00. The van der Waals surface area contributed by atoms with Crippen LogP contribution in [0.5, 0.6) is 0 Å². The monoisotopic (exact) mass is 285 g/mol. The first kappa shape index (κ1) is 12.1. The van der Waals surface area contributed by atoms with Gasteiger partial charge in [0.1, 0.15) is 5.03 Å². The molecule has 1 saturated heterocycles. The lowest BCUT2D eigenvalue weighted by Crippen LogP contribution is -2.30. The molecule has 0 bridgehead atoms. The topological polar surface area (TPSA) is 46.1 Å². The molecule has 4 rings (SSSR count). The fourth-order valence-electron chi connectivity index (χ4n) is 2.76. The molecule has 102 valence electrons. The van der Waals surface area contributed by atoms with Crippen LogP contribution in [-0.2, 0) is 4.79 Å². The van der Waals surface area contributed by atoms with Gasteiger partial charge in [0, 0.05) is 23.4 Å². The van der Waals surface area contributed by atoms with Crippen molar-refractivity contribution < 1.29 is 4.79 Å². The van der Waals surface area contributed by atoms with E-state index < -0.39 is 0 Å². The number of fused-ring (bicyclic) bond motifs is 1. The lowest BCUT2D eigenvalue weighted by atomic mass is 10.2. The number of hydrogen-bond acceptors (Lipinski definition) is 4. The van der Waals surface area contributed by atoms with Gasteiger partial charge in [-0.15, -0.1) is 5.10 Å². The molecule has 1 atom stereocenters. The van der Waals surface area contributed by atoms with Crippen molar-refractivity contribution in [2.45, 2.75) is 35.6 Å². The number of hydrogen-bond donors (Lipinski definition) is 0. The van der Waals surface area contributed by atoms with E-state index in [-0.39, 0.29) is 11.2 Å². The van der Waals surface area contributed by atoms with Gasteiger partial charge in [0.05, 0.1) is 11.4 Å². The lowest BCUT2D eigenvalue weighted by molar-refractivity contribution is -0.127. The van der Waals surface area contributed by atoms with Crippen molar-refractivity contribution in [2.75, 3.05) is 6.54 Å². The van der Waals surface area contributed by atoms with Crippen molar-refractivity contribution >= 4 is 28.4 Å². The predicted molar refractivity (Wildman–Crippen MR) is 78.5 cm³/mol. The molecule has 1 aliphatic carbocycles. The SMILES string of the molecule is O=C1[C@H](Sc2nncc3ccccc23)CCN1C1CC1. The van der Waals surface area contributed by atoms with Gasteiger partial charge in [0.25, 0.3) is 0 Å². The quantitative estimate of drug-likeness (QED) is 0.869. The molecule has 2 fully saturated rings. The smallest absolute Gasteiger partial charge is 0.236 e. The predicted octanol–water partition coefficient (Wildman–Crippen LogP) is 2.49. The van der Waals surface area contributed by atoms with Crippen LogP contribution in [-0.4, -0.2) is 38.8 Å². The van der Waals surface area contributed by atoms with Gasteiger partial charge in [-0.1, -0.05) is 36.0 Å². The summed E-state index contributed by atoms with van der Waals surface area (Å²) in [5.41, 5.74) is 0. The highest BCUT2D eigenvalue weighted by Gasteiger charge is 2.41. The van der Waals surface area contributed by atoms with Crippen LogP contribution in [0.15, 0.2) is 35.5 Å². The molecular weight excluding hydrogens is 270 g/mol. The Bertz CT molecular complexity index is 666. The van der Waals surface area contributed by atoms with Crippen LogP contribution in [0, 0.1) is 0 Å². The number of aromatic nitrogens is 2.